The van der Waals surface area contributed by atoms with Crippen LogP contribution in [0.2, 0.25) is 5.02 Å². The van der Waals surface area contributed by atoms with E-state index < -0.39 is 0 Å². The van der Waals surface area contributed by atoms with Crippen LogP contribution in [-0.4, -0.2) is 27.0 Å². The monoisotopic (exact) mass is 438 g/mol. The lowest BCUT2D eigenvalue weighted by Gasteiger charge is -2.29. The molecule has 3 aromatic rings. The van der Waals surface area contributed by atoms with Crippen molar-refractivity contribution in [2.24, 2.45) is 5.10 Å². The maximum atomic E-state index is 6.36. The van der Waals surface area contributed by atoms with Gasteiger partial charge in [0, 0.05) is 18.6 Å². The summed E-state index contributed by atoms with van der Waals surface area (Å²) in [7, 11) is 4.87. The number of hydrogen-bond donors (Lipinski definition) is 1. The fourth-order valence-corrected chi connectivity index (χ4v) is 3.68. The van der Waals surface area contributed by atoms with E-state index in [2.05, 4.69) is 10.5 Å². The number of nitrogens with one attached hydrogen (secondary N) is 1. The first-order valence-electron chi connectivity index (χ1n) is 9.77. The summed E-state index contributed by atoms with van der Waals surface area (Å²) >= 11 is 6.29. The number of halogens is 1. The van der Waals surface area contributed by atoms with Crippen LogP contribution in [0.5, 0.6) is 23.0 Å². The van der Waals surface area contributed by atoms with E-state index >= 15 is 0 Å². The smallest absolute Gasteiger partial charge is 0.136 e. The molecule has 0 amide bonds. The predicted octanol–water partition coefficient (Wildman–Crippen LogP) is 5.71. The fourth-order valence-electron chi connectivity index (χ4n) is 3.50. The molecule has 0 radical (unpaired) electrons. The average Bonchev–Trinajstić information content (AvgIpc) is 2.82. The molecule has 1 aliphatic heterocycles. The van der Waals surface area contributed by atoms with Crippen LogP contribution in [0.3, 0.4) is 0 Å². The van der Waals surface area contributed by atoms with Crippen molar-refractivity contribution in [2.45, 2.75) is 12.5 Å². The van der Waals surface area contributed by atoms with Gasteiger partial charge in [0.15, 0.2) is 0 Å². The molecule has 1 heterocycles. The van der Waals surface area contributed by atoms with E-state index in [0.29, 0.717) is 28.7 Å². The minimum absolute atomic E-state index is 0.258. The topological polar surface area (TPSA) is 61.3 Å². The molecule has 4 rings (SSSR count). The van der Waals surface area contributed by atoms with Gasteiger partial charge in [-0.25, -0.2) is 0 Å². The first-order valence-corrected chi connectivity index (χ1v) is 10.1. The van der Waals surface area contributed by atoms with Gasteiger partial charge in [0.1, 0.15) is 29.1 Å². The average molecular weight is 439 g/mol. The SMILES string of the molecule is COc1cccc(C2C/C(=N\Nc3ccccc3Cl)c3c(OC)cc(OC)cc3O2)c1. The second-order valence-corrected chi connectivity index (χ2v) is 7.35. The largest absolute Gasteiger partial charge is 0.497 e. The van der Waals surface area contributed by atoms with E-state index in [4.69, 9.17) is 30.5 Å². The van der Waals surface area contributed by atoms with Crippen LogP contribution >= 0.6 is 11.6 Å². The summed E-state index contributed by atoms with van der Waals surface area (Å²) in [5, 5.41) is 5.28. The lowest BCUT2D eigenvalue weighted by Crippen LogP contribution is -2.23. The number of para-hydroxylation sites is 1. The third kappa shape index (κ3) is 4.39. The summed E-state index contributed by atoms with van der Waals surface area (Å²) in [5.74, 6) is 2.66. The Kier molecular flexibility index (Phi) is 6.18. The van der Waals surface area contributed by atoms with Gasteiger partial charge in [0.2, 0.25) is 0 Å². The second kappa shape index (κ2) is 9.18. The Hall–Kier alpha value is -3.38. The van der Waals surface area contributed by atoms with Crippen LogP contribution in [0.4, 0.5) is 5.69 Å². The molecule has 1 atom stereocenters. The third-order valence-corrected chi connectivity index (χ3v) is 5.41. The second-order valence-electron chi connectivity index (χ2n) is 6.94. The predicted molar refractivity (Wildman–Crippen MR) is 122 cm³/mol. The van der Waals surface area contributed by atoms with E-state index in [1.807, 2.05) is 60.7 Å². The first-order chi connectivity index (χ1) is 15.1. The van der Waals surface area contributed by atoms with Gasteiger partial charge in [-0.3, -0.25) is 5.43 Å². The summed E-state index contributed by atoms with van der Waals surface area (Å²) in [6, 6.07) is 18.9. The van der Waals surface area contributed by atoms with Crippen LogP contribution < -0.4 is 24.4 Å². The number of rotatable bonds is 6. The molecule has 0 aliphatic carbocycles. The Morgan fingerprint density at radius 3 is 2.48 bits per heavy atom. The minimum Gasteiger partial charge on any atom is -0.497 e. The molecule has 0 bridgehead atoms. The van der Waals surface area contributed by atoms with Crippen molar-refractivity contribution < 1.29 is 18.9 Å². The van der Waals surface area contributed by atoms with E-state index in [0.717, 1.165) is 28.3 Å². The quantitative estimate of drug-likeness (QED) is 0.500. The standard InChI is InChI=1S/C24H23ClN2O4/c1-28-16-8-6-7-15(11-16)21-14-20(27-26-19-10-5-4-9-18(19)25)24-22(30-3)12-17(29-2)13-23(24)31-21/h4-13,21,26H,14H2,1-3H3/b27-20+. The van der Waals surface area contributed by atoms with Crippen LogP contribution in [0.1, 0.15) is 23.7 Å². The van der Waals surface area contributed by atoms with Gasteiger partial charge in [-0.1, -0.05) is 35.9 Å². The number of fused-ring (bicyclic) bond motifs is 1. The highest BCUT2D eigenvalue weighted by molar-refractivity contribution is 6.33. The number of benzene rings is 3. The van der Waals surface area contributed by atoms with Gasteiger partial charge in [0.05, 0.1) is 43.3 Å². The number of hydrogen-bond acceptors (Lipinski definition) is 6. The molecule has 7 heteroatoms. The summed E-state index contributed by atoms with van der Waals surface area (Å²) < 4.78 is 22.8. The van der Waals surface area contributed by atoms with Gasteiger partial charge >= 0.3 is 0 Å². The number of anilines is 1. The molecule has 1 aliphatic rings. The van der Waals surface area contributed by atoms with E-state index in [1.54, 1.807) is 21.3 Å². The Morgan fingerprint density at radius 2 is 1.74 bits per heavy atom. The fraction of sp³-hybridized carbons (Fsp3) is 0.208. The first kappa shape index (κ1) is 20.9. The van der Waals surface area contributed by atoms with Crippen LogP contribution in [0, 0.1) is 0 Å². The molecule has 0 saturated carbocycles. The lowest BCUT2D eigenvalue weighted by atomic mass is 9.94. The Bertz CT molecular complexity index is 1120. The number of nitrogens with zero attached hydrogens (tertiary/aromatic N) is 1. The Morgan fingerprint density at radius 1 is 0.935 bits per heavy atom. The molecule has 0 fully saturated rings. The molecule has 160 valence electrons. The Labute approximate surface area is 186 Å². The minimum atomic E-state index is -0.258. The third-order valence-electron chi connectivity index (χ3n) is 5.08. The Balaban J connectivity index is 1.78. The molecule has 3 aromatic carbocycles. The zero-order valence-corrected chi connectivity index (χ0v) is 18.3. The highest BCUT2D eigenvalue weighted by Crippen LogP contribution is 2.43. The van der Waals surface area contributed by atoms with Crippen LogP contribution in [0.25, 0.3) is 0 Å². The van der Waals surface area contributed by atoms with Crippen molar-refractivity contribution in [3.8, 4) is 23.0 Å². The van der Waals surface area contributed by atoms with Crippen molar-refractivity contribution in [3.05, 3.63) is 76.8 Å². The van der Waals surface area contributed by atoms with Crippen molar-refractivity contribution >= 4 is 23.0 Å². The van der Waals surface area contributed by atoms with E-state index in [9.17, 15) is 0 Å². The van der Waals surface area contributed by atoms with E-state index in [1.165, 1.54) is 0 Å². The zero-order valence-electron chi connectivity index (χ0n) is 17.5. The molecule has 0 saturated heterocycles. The number of methoxy groups -OCH3 is 3. The summed E-state index contributed by atoms with van der Waals surface area (Å²) in [5.41, 5.74) is 6.35. The van der Waals surface area contributed by atoms with Crippen LogP contribution in [-0.2, 0) is 0 Å². The van der Waals surface area contributed by atoms with Crippen molar-refractivity contribution in [1.82, 2.24) is 0 Å². The highest BCUT2D eigenvalue weighted by Gasteiger charge is 2.30. The summed E-state index contributed by atoms with van der Waals surface area (Å²) in [4.78, 5) is 0. The van der Waals surface area contributed by atoms with Gasteiger partial charge in [-0.05, 0) is 29.8 Å². The summed E-state index contributed by atoms with van der Waals surface area (Å²) in [6.07, 6.45) is 0.270. The summed E-state index contributed by atoms with van der Waals surface area (Å²) in [6.45, 7) is 0. The molecule has 0 aromatic heterocycles. The molecule has 1 N–H and O–H groups in total. The molecule has 6 nitrogen and oxygen atoms in total. The van der Waals surface area contributed by atoms with Gasteiger partial charge < -0.3 is 18.9 Å². The number of hydrazone groups is 1. The zero-order chi connectivity index (χ0) is 21.8. The van der Waals surface area contributed by atoms with Crippen LogP contribution in [0.15, 0.2) is 65.8 Å². The highest BCUT2D eigenvalue weighted by atomic mass is 35.5. The maximum absolute atomic E-state index is 6.36. The molecule has 31 heavy (non-hydrogen) atoms. The van der Waals surface area contributed by atoms with Gasteiger partial charge in [0.25, 0.3) is 0 Å². The molecule has 0 spiro atoms. The van der Waals surface area contributed by atoms with Crippen molar-refractivity contribution in [3.63, 3.8) is 0 Å². The van der Waals surface area contributed by atoms with Crippen molar-refractivity contribution in [2.75, 3.05) is 26.8 Å². The molecular formula is C24H23ClN2O4. The lowest BCUT2D eigenvalue weighted by molar-refractivity contribution is 0.203. The maximum Gasteiger partial charge on any atom is 0.136 e. The van der Waals surface area contributed by atoms with Crippen molar-refractivity contribution in [1.29, 1.82) is 0 Å². The molecule has 1 unspecified atom stereocenters. The van der Waals surface area contributed by atoms with Gasteiger partial charge in [-0.2, -0.15) is 5.10 Å². The number of ether oxygens (including phenoxy) is 4. The van der Waals surface area contributed by atoms with Gasteiger partial charge in [-0.15, -0.1) is 0 Å². The molecular weight excluding hydrogens is 416 g/mol. The normalized spacial score (nSPS) is 16.3. The van der Waals surface area contributed by atoms with E-state index in [-0.39, 0.29) is 6.10 Å².